The minimum atomic E-state index is -0.140. The van der Waals surface area contributed by atoms with Gasteiger partial charge < -0.3 is 4.90 Å². The molecule has 0 spiro atoms. The second-order valence-corrected chi connectivity index (χ2v) is 4.18. The second kappa shape index (κ2) is 4.41. The average Bonchev–Trinajstić information content (AvgIpc) is 2.61. The zero-order chi connectivity index (χ0) is 12.4. The molecule has 0 bridgehead atoms. The van der Waals surface area contributed by atoms with Crippen LogP contribution in [0.25, 0.3) is 6.08 Å². The first-order chi connectivity index (χ1) is 8.08. The van der Waals surface area contributed by atoms with E-state index in [9.17, 15) is 4.79 Å². The number of hydrogen-bond donors (Lipinski definition) is 1. The third-order valence-electron chi connectivity index (χ3n) is 2.68. The first-order valence-corrected chi connectivity index (χ1v) is 5.42. The van der Waals surface area contributed by atoms with Gasteiger partial charge in [-0.2, -0.15) is 5.10 Å². The number of rotatable bonds is 2. The van der Waals surface area contributed by atoms with Crippen molar-refractivity contribution in [2.45, 2.75) is 6.92 Å². The van der Waals surface area contributed by atoms with Crippen molar-refractivity contribution in [2.24, 2.45) is 5.10 Å². The van der Waals surface area contributed by atoms with Gasteiger partial charge in [-0.25, -0.2) is 5.43 Å². The molecule has 1 amide bonds. The number of hydrogen-bond acceptors (Lipinski definition) is 3. The van der Waals surface area contributed by atoms with Crippen molar-refractivity contribution < 1.29 is 4.79 Å². The summed E-state index contributed by atoms with van der Waals surface area (Å²) in [5, 5.41) is 3.88. The smallest absolute Gasteiger partial charge is 0.273 e. The van der Waals surface area contributed by atoms with E-state index in [1.54, 1.807) is 0 Å². The predicted molar refractivity (Wildman–Crippen MR) is 70.0 cm³/mol. The molecule has 0 atom stereocenters. The number of amides is 1. The SMILES string of the molecule is CC1=NNC(=O)/C1=C/c1ccc(N(C)C)cc1. The number of benzene rings is 1. The number of nitrogens with zero attached hydrogens (tertiary/aromatic N) is 2. The average molecular weight is 229 g/mol. The molecule has 1 N–H and O–H groups in total. The molecule has 0 saturated heterocycles. The minimum Gasteiger partial charge on any atom is -0.378 e. The Kier molecular flexibility index (Phi) is 2.95. The van der Waals surface area contributed by atoms with Crippen LogP contribution in [0, 0.1) is 0 Å². The summed E-state index contributed by atoms with van der Waals surface area (Å²) in [4.78, 5) is 13.5. The van der Waals surface area contributed by atoms with Gasteiger partial charge in [0.25, 0.3) is 5.91 Å². The van der Waals surface area contributed by atoms with Gasteiger partial charge in [0.15, 0.2) is 0 Å². The first-order valence-electron chi connectivity index (χ1n) is 5.42. The normalized spacial score (nSPS) is 17.0. The summed E-state index contributed by atoms with van der Waals surface area (Å²) in [6.07, 6.45) is 1.85. The molecule has 1 aliphatic rings. The molecular formula is C13H15N3O. The van der Waals surface area contributed by atoms with Gasteiger partial charge in [0.1, 0.15) is 0 Å². The quantitative estimate of drug-likeness (QED) is 0.783. The highest BCUT2D eigenvalue weighted by Gasteiger charge is 2.18. The monoisotopic (exact) mass is 229 g/mol. The van der Waals surface area contributed by atoms with Crippen molar-refractivity contribution in [3.8, 4) is 0 Å². The second-order valence-electron chi connectivity index (χ2n) is 4.18. The van der Waals surface area contributed by atoms with E-state index in [-0.39, 0.29) is 5.91 Å². The van der Waals surface area contributed by atoms with Crippen LogP contribution in [0.2, 0.25) is 0 Å². The first kappa shape index (κ1) is 11.4. The van der Waals surface area contributed by atoms with Crippen molar-refractivity contribution in [2.75, 3.05) is 19.0 Å². The molecule has 0 radical (unpaired) electrons. The van der Waals surface area contributed by atoms with Gasteiger partial charge in [0.2, 0.25) is 0 Å². The van der Waals surface area contributed by atoms with Gasteiger partial charge in [0, 0.05) is 19.8 Å². The number of carbonyl (C=O) groups is 1. The maximum Gasteiger partial charge on any atom is 0.273 e. The van der Waals surface area contributed by atoms with Crippen molar-refractivity contribution in [3.63, 3.8) is 0 Å². The Morgan fingerprint density at radius 2 is 1.88 bits per heavy atom. The van der Waals surface area contributed by atoms with Crippen LogP contribution >= 0.6 is 0 Å². The van der Waals surface area contributed by atoms with Crippen LogP contribution in [0.3, 0.4) is 0 Å². The number of anilines is 1. The standard InChI is InChI=1S/C13H15N3O/c1-9-12(13(17)15-14-9)8-10-4-6-11(7-5-10)16(2)3/h4-8H,1-3H3,(H,15,17)/b12-8+. The van der Waals surface area contributed by atoms with Gasteiger partial charge in [0.05, 0.1) is 11.3 Å². The molecule has 88 valence electrons. The molecule has 0 unspecified atom stereocenters. The molecule has 0 aromatic heterocycles. The number of hydrazone groups is 1. The van der Waals surface area contributed by atoms with E-state index >= 15 is 0 Å². The lowest BCUT2D eigenvalue weighted by molar-refractivity contribution is -0.116. The zero-order valence-corrected chi connectivity index (χ0v) is 10.2. The van der Waals surface area contributed by atoms with Crippen molar-refractivity contribution in [1.29, 1.82) is 0 Å². The summed E-state index contributed by atoms with van der Waals surface area (Å²) in [6.45, 7) is 1.82. The number of nitrogens with one attached hydrogen (secondary N) is 1. The molecule has 0 saturated carbocycles. The van der Waals surface area contributed by atoms with Crippen LogP contribution in [0.1, 0.15) is 12.5 Å². The Labute approximate surface area is 101 Å². The molecule has 4 nitrogen and oxygen atoms in total. The maximum atomic E-state index is 11.5. The maximum absolute atomic E-state index is 11.5. The lowest BCUT2D eigenvalue weighted by Gasteiger charge is -2.11. The van der Waals surface area contributed by atoms with Crippen LogP contribution in [0.5, 0.6) is 0 Å². The zero-order valence-electron chi connectivity index (χ0n) is 10.2. The van der Waals surface area contributed by atoms with E-state index in [2.05, 4.69) is 10.5 Å². The van der Waals surface area contributed by atoms with E-state index < -0.39 is 0 Å². The Balaban J connectivity index is 2.27. The van der Waals surface area contributed by atoms with Gasteiger partial charge in [-0.15, -0.1) is 0 Å². The Bertz CT molecular complexity index is 498. The largest absolute Gasteiger partial charge is 0.378 e. The molecule has 0 aliphatic carbocycles. The van der Waals surface area contributed by atoms with E-state index in [1.807, 2.05) is 56.3 Å². The summed E-state index contributed by atoms with van der Waals surface area (Å²) in [6, 6.07) is 8.01. The van der Waals surface area contributed by atoms with Crippen molar-refractivity contribution in [1.82, 2.24) is 5.43 Å². The highest BCUT2D eigenvalue weighted by molar-refractivity contribution is 6.26. The van der Waals surface area contributed by atoms with E-state index in [0.29, 0.717) is 5.57 Å². The highest BCUT2D eigenvalue weighted by Crippen LogP contribution is 2.16. The molecule has 4 heteroatoms. The van der Waals surface area contributed by atoms with Crippen LogP contribution in [-0.4, -0.2) is 25.7 Å². The van der Waals surface area contributed by atoms with Crippen molar-refractivity contribution >= 4 is 23.4 Å². The Hall–Kier alpha value is -2.10. The van der Waals surface area contributed by atoms with Crippen LogP contribution in [-0.2, 0) is 4.79 Å². The summed E-state index contributed by atoms with van der Waals surface area (Å²) in [7, 11) is 3.99. The van der Waals surface area contributed by atoms with E-state index in [1.165, 1.54) is 0 Å². The summed E-state index contributed by atoms with van der Waals surface area (Å²) >= 11 is 0. The fraction of sp³-hybridized carbons (Fsp3) is 0.231. The third kappa shape index (κ3) is 2.36. The Morgan fingerprint density at radius 1 is 1.24 bits per heavy atom. The Morgan fingerprint density at radius 3 is 2.35 bits per heavy atom. The summed E-state index contributed by atoms with van der Waals surface area (Å²) < 4.78 is 0. The summed E-state index contributed by atoms with van der Waals surface area (Å²) in [5.41, 5.74) is 5.93. The fourth-order valence-corrected chi connectivity index (χ4v) is 1.62. The van der Waals surface area contributed by atoms with Crippen LogP contribution in [0.15, 0.2) is 34.9 Å². The van der Waals surface area contributed by atoms with Crippen LogP contribution < -0.4 is 10.3 Å². The molecule has 1 heterocycles. The highest BCUT2D eigenvalue weighted by atomic mass is 16.2. The molecule has 17 heavy (non-hydrogen) atoms. The van der Waals surface area contributed by atoms with E-state index in [4.69, 9.17) is 0 Å². The van der Waals surface area contributed by atoms with Gasteiger partial charge in [-0.1, -0.05) is 12.1 Å². The fourth-order valence-electron chi connectivity index (χ4n) is 1.62. The van der Waals surface area contributed by atoms with Crippen molar-refractivity contribution in [3.05, 3.63) is 35.4 Å². The predicted octanol–water partition coefficient (Wildman–Crippen LogP) is 1.64. The third-order valence-corrected chi connectivity index (χ3v) is 2.68. The molecule has 1 aliphatic heterocycles. The molecular weight excluding hydrogens is 214 g/mol. The molecule has 2 rings (SSSR count). The topological polar surface area (TPSA) is 44.7 Å². The van der Waals surface area contributed by atoms with Gasteiger partial charge >= 0.3 is 0 Å². The molecule has 0 fully saturated rings. The molecule has 1 aromatic carbocycles. The minimum absolute atomic E-state index is 0.140. The van der Waals surface area contributed by atoms with Gasteiger partial charge in [-0.05, 0) is 30.7 Å². The summed E-state index contributed by atoms with van der Waals surface area (Å²) in [5.74, 6) is -0.140. The lowest BCUT2D eigenvalue weighted by Crippen LogP contribution is -2.12. The van der Waals surface area contributed by atoms with Crippen LogP contribution in [0.4, 0.5) is 5.69 Å². The molecule has 1 aromatic rings. The van der Waals surface area contributed by atoms with E-state index in [0.717, 1.165) is 17.0 Å². The van der Waals surface area contributed by atoms with Gasteiger partial charge in [-0.3, -0.25) is 4.79 Å². The lowest BCUT2D eigenvalue weighted by atomic mass is 10.1. The number of carbonyl (C=O) groups excluding carboxylic acids is 1.